The Labute approximate surface area is 102 Å². The number of hydrogen-bond donors (Lipinski definition) is 2. The summed E-state index contributed by atoms with van der Waals surface area (Å²) >= 11 is 0. The molecule has 1 fully saturated rings. The van der Waals surface area contributed by atoms with E-state index >= 15 is 0 Å². The molecule has 1 atom stereocenters. The van der Waals surface area contributed by atoms with E-state index in [0.29, 0.717) is 39.1 Å². The van der Waals surface area contributed by atoms with E-state index in [-0.39, 0.29) is 17.7 Å². The highest BCUT2D eigenvalue weighted by atomic mass is 16.5. The summed E-state index contributed by atoms with van der Waals surface area (Å²) in [6.45, 7) is 7.55. The normalized spacial score (nSPS) is 19.6. The Balaban J connectivity index is 2.08. The van der Waals surface area contributed by atoms with E-state index in [0.717, 1.165) is 5.57 Å². The zero-order valence-corrected chi connectivity index (χ0v) is 10.3. The lowest BCUT2D eigenvalue weighted by Crippen LogP contribution is -2.43. The molecule has 1 heterocycles. The fourth-order valence-corrected chi connectivity index (χ4v) is 1.59. The van der Waals surface area contributed by atoms with Gasteiger partial charge in [0.05, 0.1) is 19.1 Å². The van der Waals surface area contributed by atoms with Crippen molar-refractivity contribution < 1.29 is 14.3 Å². The summed E-state index contributed by atoms with van der Waals surface area (Å²) in [6.07, 6.45) is 1.06. The van der Waals surface area contributed by atoms with E-state index < -0.39 is 0 Å². The van der Waals surface area contributed by atoms with Crippen LogP contribution in [0.15, 0.2) is 12.2 Å². The van der Waals surface area contributed by atoms with Crippen LogP contribution in [0.1, 0.15) is 19.8 Å². The molecule has 0 spiro atoms. The Morgan fingerprint density at radius 2 is 2.41 bits per heavy atom. The van der Waals surface area contributed by atoms with Crippen LogP contribution in [0.25, 0.3) is 0 Å². The first-order valence-electron chi connectivity index (χ1n) is 5.86. The maximum absolute atomic E-state index is 11.7. The molecule has 0 aliphatic carbocycles. The molecule has 2 N–H and O–H groups in total. The maximum atomic E-state index is 11.7. The van der Waals surface area contributed by atoms with Crippen molar-refractivity contribution in [2.75, 3.05) is 26.3 Å². The van der Waals surface area contributed by atoms with Crippen molar-refractivity contribution in [1.29, 1.82) is 0 Å². The maximum Gasteiger partial charge on any atom is 0.224 e. The number of carbonyl (C=O) groups excluding carboxylic acids is 2. The number of rotatable bonds is 6. The Morgan fingerprint density at radius 1 is 1.65 bits per heavy atom. The molecule has 1 aliphatic heterocycles. The molecular weight excluding hydrogens is 220 g/mol. The molecule has 0 aromatic heterocycles. The van der Waals surface area contributed by atoms with Gasteiger partial charge in [0.25, 0.3) is 0 Å². The van der Waals surface area contributed by atoms with Crippen molar-refractivity contribution in [2.45, 2.75) is 19.8 Å². The predicted octanol–water partition coefficient (Wildman–Crippen LogP) is 0.222. The molecule has 1 aliphatic rings. The molecule has 0 radical (unpaired) electrons. The molecule has 5 nitrogen and oxygen atoms in total. The SMILES string of the molecule is C=C(C)COCCNC(=O)C1CCC(=O)NC1. The highest BCUT2D eigenvalue weighted by Crippen LogP contribution is 2.10. The van der Waals surface area contributed by atoms with Gasteiger partial charge in [0.1, 0.15) is 0 Å². The molecule has 5 heteroatoms. The lowest BCUT2D eigenvalue weighted by Gasteiger charge is -2.21. The predicted molar refractivity (Wildman–Crippen MR) is 64.4 cm³/mol. The van der Waals surface area contributed by atoms with Gasteiger partial charge < -0.3 is 15.4 Å². The highest BCUT2D eigenvalue weighted by Gasteiger charge is 2.23. The molecule has 96 valence electrons. The monoisotopic (exact) mass is 240 g/mol. The Kier molecular flexibility index (Phi) is 5.69. The largest absolute Gasteiger partial charge is 0.375 e. The standard InChI is InChI=1S/C12H20N2O3/c1-9(2)8-17-6-5-13-12(16)10-3-4-11(15)14-7-10/h10H,1,3-8H2,2H3,(H,13,16)(H,14,15). The summed E-state index contributed by atoms with van der Waals surface area (Å²) in [5.74, 6) is -0.0865. The van der Waals surface area contributed by atoms with Crippen LogP contribution in [0.4, 0.5) is 0 Å². The average molecular weight is 240 g/mol. The molecule has 2 amide bonds. The van der Waals surface area contributed by atoms with E-state index in [9.17, 15) is 9.59 Å². The van der Waals surface area contributed by atoms with Gasteiger partial charge in [-0.3, -0.25) is 9.59 Å². The van der Waals surface area contributed by atoms with Crippen LogP contribution in [-0.2, 0) is 14.3 Å². The average Bonchev–Trinajstić information content (AvgIpc) is 2.29. The molecular formula is C12H20N2O3. The quantitative estimate of drug-likeness (QED) is 0.515. The van der Waals surface area contributed by atoms with Crippen molar-refractivity contribution in [3.05, 3.63) is 12.2 Å². The Bertz CT molecular complexity index is 292. The molecule has 1 unspecified atom stereocenters. The Hall–Kier alpha value is -1.36. The van der Waals surface area contributed by atoms with Crippen molar-refractivity contribution in [3.63, 3.8) is 0 Å². The smallest absolute Gasteiger partial charge is 0.224 e. The van der Waals surface area contributed by atoms with E-state index in [1.54, 1.807) is 0 Å². The number of piperidine rings is 1. The zero-order valence-electron chi connectivity index (χ0n) is 10.3. The van der Waals surface area contributed by atoms with E-state index in [1.165, 1.54) is 0 Å². The second-order valence-electron chi connectivity index (χ2n) is 4.34. The first kappa shape index (κ1) is 13.7. The van der Waals surface area contributed by atoms with Gasteiger partial charge in [-0.15, -0.1) is 0 Å². The van der Waals surface area contributed by atoms with Gasteiger partial charge in [0, 0.05) is 19.5 Å². The number of carbonyl (C=O) groups is 2. The minimum Gasteiger partial charge on any atom is -0.375 e. The van der Waals surface area contributed by atoms with Crippen LogP contribution < -0.4 is 10.6 Å². The van der Waals surface area contributed by atoms with Gasteiger partial charge in [0.2, 0.25) is 11.8 Å². The van der Waals surface area contributed by atoms with Gasteiger partial charge in [-0.05, 0) is 13.3 Å². The summed E-state index contributed by atoms with van der Waals surface area (Å²) in [5.41, 5.74) is 0.964. The van der Waals surface area contributed by atoms with E-state index in [4.69, 9.17) is 4.74 Å². The topological polar surface area (TPSA) is 67.4 Å². The molecule has 0 saturated carbocycles. The first-order chi connectivity index (χ1) is 8.09. The van der Waals surface area contributed by atoms with Crippen LogP contribution in [0.3, 0.4) is 0 Å². The summed E-state index contributed by atoms with van der Waals surface area (Å²) in [7, 11) is 0. The third-order valence-corrected chi connectivity index (χ3v) is 2.53. The number of amides is 2. The second-order valence-corrected chi connectivity index (χ2v) is 4.34. The van der Waals surface area contributed by atoms with Crippen molar-refractivity contribution in [3.8, 4) is 0 Å². The molecule has 0 aromatic carbocycles. The third kappa shape index (κ3) is 5.49. The summed E-state index contributed by atoms with van der Waals surface area (Å²) in [4.78, 5) is 22.6. The molecule has 1 saturated heterocycles. The van der Waals surface area contributed by atoms with Crippen LogP contribution >= 0.6 is 0 Å². The van der Waals surface area contributed by atoms with Gasteiger partial charge in [0.15, 0.2) is 0 Å². The van der Waals surface area contributed by atoms with Crippen molar-refractivity contribution in [1.82, 2.24) is 10.6 Å². The fraction of sp³-hybridized carbons (Fsp3) is 0.667. The zero-order chi connectivity index (χ0) is 12.7. The van der Waals surface area contributed by atoms with Crippen LogP contribution in [-0.4, -0.2) is 38.1 Å². The molecule has 17 heavy (non-hydrogen) atoms. The first-order valence-corrected chi connectivity index (χ1v) is 5.86. The van der Waals surface area contributed by atoms with Gasteiger partial charge >= 0.3 is 0 Å². The van der Waals surface area contributed by atoms with Crippen LogP contribution in [0.5, 0.6) is 0 Å². The van der Waals surface area contributed by atoms with Crippen LogP contribution in [0.2, 0.25) is 0 Å². The van der Waals surface area contributed by atoms with Crippen LogP contribution in [0, 0.1) is 5.92 Å². The molecule has 0 aromatic rings. The highest BCUT2D eigenvalue weighted by molar-refractivity contribution is 5.83. The lowest BCUT2D eigenvalue weighted by molar-refractivity contribution is -0.129. The second kappa shape index (κ2) is 7.06. The molecule has 1 rings (SSSR count). The van der Waals surface area contributed by atoms with Gasteiger partial charge in [-0.2, -0.15) is 0 Å². The minimum absolute atomic E-state index is 0.0103. The van der Waals surface area contributed by atoms with Gasteiger partial charge in [-0.25, -0.2) is 0 Å². The van der Waals surface area contributed by atoms with E-state index in [2.05, 4.69) is 17.2 Å². The van der Waals surface area contributed by atoms with E-state index in [1.807, 2.05) is 6.92 Å². The van der Waals surface area contributed by atoms with Crippen molar-refractivity contribution >= 4 is 11.8 Å². The summed E-state index contributed by atoms with van der Waals surface area (Å²) in [5, 5.41) is 5.48. The number of hydrogen-bond acceptors (Lipinski definition) is 3. The third-order valence-electron chi connectivity index (χ3n) is 2.53. The number of ether oxygens (including phenoxy) is 1. The summed E-state index contributed by atoms with van der Waals surface area (Å²) < 4.78 is 5.27. The fourth-order valence-electron chi connectivity index (χ4n) is 1.59. The van der Waals surface area contributed by atoms with Crippen molar-refractivity contribution in [2.24, 2.45) is 5.92 Å². The lowest BCUT2D eigenvalue weighted by atomic mass is 9.98. The number of nitrogens with one attached hydrogen (secondary N) is 2. The van der Waals surface area contributed by atoms with Gasteiger partial charge in [-0.1, -0.05) is 12.2 Å². The summed E-state index contributed by atoms with van der Waals surface area (Å²) in [6, 6.07) is 0. The molecule has 0 bridgehead atoms. The Morgan fingerprint density at radius 3 is 3.00 bits per heavy atom. The minimum atomic E-state index is -0.103.